The lowest BCUT2D eigenvalue weighted by Gasteiger charge is -2.13. The minimum absolute atomic E-state index is 0.121. The van der Waals surface area contributed by atoms with Gasteiger partial charge in [-0.05, 0) is 44.4 Å². The SMILES string of the molecule is CCOC(=O)CCC(N)Cc1ccc(O)c(OCC)c1. The molecule has 0 amide bonds. The summed E-state index contributed by atoms with van der Waals surface area (Å²) in [6.07, 6.45) is 1.52. The van der Waals surface area contributed by atoms with Crippen LogP contribution in [0.25, 0.3) is 0 Å². The van der Waals surface area contributed by atoms with Crippen LogP contribution in [0.1, 0.15) is 32.3 Å². The maximum absolute atomic E-state index is 11.3. The first-order valence-electron chi connectivity index (χ1n) is 6.92. The summed E-state index contributed by atoms with van der Waals surface area (Å²) in [5.74, 6) is 0.363. The highest BCUT2D eigenvalue weighted by molar-refractivity contribution is 5.69. The lowest BCUT2D eigenvalue weighted by atomic mass is 10.0. The first-order chi connectivity index (χ1) is 9.56. The number of hydrogen-bond donors (Lipinski definition) is 2. The molecule has 3 N–H and O–H groups in total. The van der Waals surface area contributed by atoms with Crippen molar-refractivity contribution in [2.24, 2.45) is 5.73 Å². The van der Waals surface area contributed by atoms with Crippen LogP contribution >= 0.6 is 0 Å². The number of esters is 1. The van der Waals surface area contributed by atoms with Crippen LogP contribution in [0.3, 0.4) is 0 Å². The summed E-state index contributed by atoms with van der Waals surface area (Å²) in [4.78, 5) is 11.3. The number of nitrogens with two attached hydrogens (primary N) is 1. The third-order valence-corrected chi connectivity index (χ3v) is 2.85. The van der Waals surface area contributed by atoms with Gasteiger partial charge in [-0.1, -0.05) is 6.07 Å². The largest absolute Gasteiger partial charge is 0.504 e. The molecule has 1 aromatic rings. The maximum atomic E-state index is 11.3. The van der Waals surface area contributed by atoms with Crippen LogP contribution in [0.15, 0.2) is 18.2 Å². The molecule has 0 aliphatic rings. The van der Waals surface area contributed by atoms with E-state index in [1.807, 2.05) is 13.0 Å². The van der Waals surface area contributed by atoms with Crippen LogP contribution in [0.4, 0.5) is 0 Å². The molecule has 0 bridgehead atoms. The van der Waals surface area contributed by atoms with Gasteiger partial charge < -0.3 is 20.3 Å². The molecule has 0 heterocycles. The highest BCUT2D eigenvalue weighted by atomic mass is 16.5. The highest BCUT2D eigenvalue weighted by Gasteiger charge is 2.10. The highest BCUT2D eigenvalue weighted by Crippen LogP contribution is 2.27. The number of benzene rings is 1. The summed E-state index contributed by atoms with van der Waals surface area (Å²) in [5.41, 5.74) is 6.98. The molecule has 112 valence electrons. The third kappa shape index (κ3) is 5.48. The van der Waals surface area contributed by atoms with Crippen molar-refractivity contribution in [1.29, 1.82) is 0 Å². The van der Waals surface area contributed by atoms with E-state index in [9.17, 15) is 9.90 Å². The number of aromatic hydroxyl groups is 1. The summed E-state index contributed by atoms with van der Waals surface area (Å²) in [6, 6.07) is 5.06. The van der Waals surface area contributed by atoms with Crippen LogP contribution in [0.5, 0.6) is 11.5 Å². The van der Waals surface area contributed by atoms with Gasteiger partial charge >= 0.3 is 5.97 Å². The Morgan fingerprint density at radius 3 is 2.75 bits per heavy atom. The number of phenolic OH excluding ortho intramolecular Hbond substituents is 1. The Kier molecular flexibility index (Phi) is 6.87. The van der Waals surface area contributed by atoms with Crippen molar-refractivity contribution in [1.82, 2.24) is 0 Å². The van der Waals surface area contributed by atoms with Crippen molar-refractivity contribution in [3.63, 3.8) is 0 Å². The Balaban J connectivity index is 2.51. The van der Waals surface area contributed by atoms with Gasteiger partial charge in [-0.2, -0.15) is 0 Å². The predicted molar refractivity (Wildman–Crippen MR) is 76.8 cm³/mol. The molecule has 0 saturated heterocycles. The van der Waals surface area contributed by atoms with E-state index in [-0.39, 0.29) is 17.8 Å². The van der Waals surface area contributed by atoms with Crippen molar-refractivity contribution in [2.75, 3.05) is 13.2 Å². The molecule has 1 aromatic carbocycles. The van der Waals surface area contributed by atoms with E-state index in [1.165, 1.54) is 0 Å². The fraction of sp³-hybridized carbons (Fsp3) is 0.533. The predicted octanol–water partition coefficient (Wildman–Crippen LogP) is 2.00. The van der Waals surface area contributed by atoms with E-state index in [0.717, 1.165) is 5.56 Å². The third-order valence-electron chi connectivity index (χ3n) is 2.85. The van der Waals surface area contributed by atoms with Gasteiger partial charge in [0, 0.05) is 12.5 Å². The van der Waals surface area contributed by atoms with Crippen molar-refractivity contribution in [3.05, 3.63) is 23.8 Å². The van der Waals surface area contributed by atoms with E-state index in [0.29, 0.717) is 38.2 Å². The van der Waals surface area contributed by atoms with Crippen LogP contribution in [0.2, 0.25) is 0 Å². The Labute approximate surface area is 119 Å². The molecule has 1 unspecified atom stereocenters. The normalized spacial score (nSPS) is 11.9. The van der Waals surface area contributed by atoms with E-state index in [1.54, 1.807) is 19.1 Å². The number of carbonyl (C=O) groups is 1. The molecule has 1 atom stereocenters. The summed E-state index contributed by atoms with van der Waals surface area (Å²) in [6.45, 7) is 4.52. The molecule has 5 nitrogen and oxygen atoms in total. The van der Waals surface area contributed by atoms with Gasteiger partial charge in [0.25, 0.3) is 0 Å². The zero-order valence-corrected chi connectivity index (χ0v) is 12.1. The summed E-state index contributed by atoms with van der Waals surface area (Å²) < 4.78 is 10.2. The second-order valence-electron chi connectivity index (χ2n) is 4.54. The summed E-state index contributed by atoms with van der Waals surface area (Å²) in [7, 11) is 0. The van der Waals surface area contributed by atoms with Gasteiger partial charge in [-0.25, -0.2) is 0 Å². The molecule has 0 aromatic heterocycles. The average Bonchev–Trinajstić information content (AvgIpc) is 2.41. The minimum atomic E-state index is -0.219. The topological polar surface area (TPSA) is 81.8 Å². The Morgan fingerprint density at radius 1 is 1.35 bits per heavy atom. The molecule has 0 saturated carbocycles. The lowest BCUT2D eigenvalue weighted by Crippen LogP contribution is -2.24. The standard InChI is InChI=1S/C15H23NO4/c1-3-19-14-10-11(5-7-13(14)17)9-12(16)6-8-15(18)20-4-2/h5,7,10,12,17H,3-4,6,8-9,16H2,1-2H3. The first-order valence-corrected chi connectivity index (χ1v) is 6.92. The van der Waals surface area contributed by atoms with Gasteiger partial charge in [0.1, 0.15) is 0 Å². The molecule has 20 heavy (non-hydrogen) atoms. The van der Waals surface area contributed by atoms with E-state index in [2.05, 4.69) is 0 Å². The monoisotopic (exact) mass is 281 g/mol. The quantitative estimate of drug-likeness (QED) is 0.712. The van der Waals surface area contributed by atoms with Crippen LogP contribution < -0.4 is 10.5 Å². The van der Waals surface area contributed by atoms with Crippen molar-refractivity contribution in [2.45, 2.75) is 39.2 Å². The summed E-state index contributed by atoms with van der Waals surface area (Å²) in [5, 5.41) is 9.62. The molecule has 5 heteroatoms. The van der Waals surface area contributed by atoms with Gasteiger partial charge in [0.05, 0.1) is 13.2 Å². The molecule has 0 radical (unpaired) electrons. The van der Waals surface area contributed by atoms with Crippen molar-refractivity contribution >= 4 is 5.97 Å². The fourth-order valence-electron chi connectivity index (χ4n) is 1.90. The number of phenols is 1. The van der Waals surface area contributed by atoms with Gasteiger partial charge in [0.15, 0.2) is 11.5 Å². The number of carbonyl (C=O) groups excluding carboxylic acids is 1. The van der Waals surface area contributed by atoms with Gasteiger partial charge in [-0.3, -0.25) is 4.79 Å². The molecule has 0 fully saturated rings. The van der Waals surface area contributed by atoms with Crippen LogP contribution in [-0.4, -0.2) is 30.3 Å². The second-order valence-corrected chi connectivity index (χ2v) is 4.54. The molecular formula is C15H23NO4. The van der Waals surface area contributed by atoms with E-state index < -0.39 is 0 Å². The zero-order valence-electron chi connectivity index (χ0n) is 12.1. The number of ether oxygens (including phenoxy) is 2. The van der Waals surface area contributed by atoms with Crippen molar-refractivity contribution in [3.8, 4) is 11.5 Å². The number of hydrogen-bond acceptors (Lipinski definition) is 5. The summed E-state index contributed by atoms with van der Waals surface area (Å²) >= 11 is 0. The van der Waals surface area contributed by atoms with E-state index >= 15 is 0 Å². The minimum Gasteiger partial charge on any atom is -0.504 e. The fourth-order valence-corrected chi connectivity index (χ4v) is 1.90. The molecule has 0 aliphatic heterocycles. The Hall–Kier alpha value is -1.75. The maximum Gasteiger partial charge on any atom is 0.305 e. The Bertz CT molecular complexity index is 434. The lowest BCUT2D eigenvalue weighted by molar-refractivity contribution is -0.143. The van der Waals surface area contributed by atoms with Crippen molar-refractivity contribution < 1.29 is 19.4 Å². The number of rotatable bonds is 8. The smallest absolute Gasteiger partial charge is 0.305 e. The molecule has 0 spiro atoms. The average molecular weight is 281 g/mol. The second kappa shape index (κ2) is 8.43. The van der Waals surface area contributed by atoms with Gasteiger partial charge in [-0.15, -0.1) is 0 Å². The first kappa shape index (κ1) is 16.3. The molecule has 1 rings (SSSR count). The zero-order chi connectivity index (χ0) is 15.0. The molecular weight excluding hydrogens is 258 g/mol. The Morgan fingerprint density at radius 2 is 2.10 bits per heavy atom. The van der Waals surface area contributed by atoms with Gasteiger partial charge in [0.2, 0.25) is 0 Å². The van der Waals surface area contributed by atoms with Crippen LogP contribution in [-0.2, 0) is 16.0 Å². The van der Waals surface area contributed by atoms with Crippen LogP contribution in [0, 0.1) is 0 Å². The van der Waals surface area contributed by atoms with E-state index in [4.69, 9.17) is 15.2 Å². The molecule has 0 aliphatic carbocycles.